The molecule has 2 aromatic rings. The Morgan fingerprint density at radius 3 is 2.67 bits per heavy atom. The van der Waals surface area contributed by atoms with Crippen LogP contribution in [0.25, 0.3) is 0 Å². The van der Waals surface area contributed by atoms with E-state index in [1.54, 1.807) is 6.20 Å². The lowest BCUT2D eigenvalue weighted by molar-refractivity contribution is -0.0484. The highest BCUT2D eigenvalue weighted by Gasteiger charge is 2.33. The largest absolute Gasteiger partial charge is 0.451 e. The van der Waals surface area contributed by atoms with Gasteiger partial charge in [-0.2, -0.15) is 0 Å². The van der Waals surface area contributed by atoms with Gasteiger partial charge in [0.1, 0.15) is 0 Å². The lowest BCUT2D eigenvalue weighted by atomic mass is 9.88. The van der Waals surface area contributed by atoms with E-state index in [4.69, 9.17) is 9.47 Å². The molecule has 1 N–H and O–H groups in total. The smallest absolute Gasteiger partial charge is 0.176 e. The summed E-state index contributed by atoms with van der Waals surface area (Å²) in [5, 5.41) is 11.0. The summed E-state index contributed by atoms with van der Waals surface area (Å²) in [6.07, 6.45) is 2.52. The summed E-state index contributed by atoms with van der Waals surface area (Å²) in [5.41, 5.74) is 2.04. The van der Waals surface area contributed by atoms with E-state index in [-0.39, 0.29) is 0 Å². The number of hydrogen-bond acceptors (Lipinski definition) is 6. The van der Waals surface area contributed by atoms with Gasteiger partial charge in [-0.1, -0.05) is 15.9 Å². The van der Waals surface area contributed by atoms with Gasteiger partial charge in [0.25, 0.3) is 0 Å². The number of rotatable bonds is 4. The molecular weight excluding hydrogens is 514 g/mol. The number of hydrogen-bond donors (Lipinski definition) is 1. The molecule has 2 saturated heterocycles. The number of β-amino-alcohol motifs (C(OH)–C–C–N with tert-alkyl or cyclic N) is 1. The maximum absolute atomic E-state index is 11.0. The van der Waals surface area contributed by atoms with E-state index in [1.807, 2.05) is 12.1 Å². The number of aliphatic hydroxyl groups excluding tert-OH is 1. The molecule has 1 aromatic heterocycles. The first kappa shape index (κ1) is 20.7. The molecule has 2 bridgehead atoms. The third kappa shape index (κ3) is 4.12. The summed E-state index contributed by atoms with van der Waals surface area (Å²) in [7, 11) is 0. The van der Waals surface area contributed by atoms with E-state index in [0.29, 0.717) is 30.7 Å². The van der Waals surface area contributed by atoms with Crippen LogP contribution in [0.1, 0.15) is 12.0 Å². The van der Waals surface area contributed by atoms with Crippen molar-refractivity contribution in [2.24, 2.45) is 11.8 Å². The molecule has 6 nitrogen and oxygen atoms in total. The monoisotopic (exact) mass is 537 g/mol. The van der Waals surface area contributed by atoms with E-state index >= 15 is 0 Å². The van der Waals surface area contributed by atoms with Crippen LogP contribution in [-0.2, 0) is 4.74 Å². The SMILES string of the molecule is Cc1cc2c(cc1Br)Oc1cc(Br)cnc1N2CC(O)CN1CC2COCC(C2)C1. The highest BCUT2D eigenvalue weighted by atomic mass is 79.9. The van der Waals surface area contributed by atoms with Crippen LogP contribution >= 0.6 is 31.9 Å². The van der Waals surface area contributed by atoms with Gasteiger partial charge in [-0.05, 0) is 58.8 Å². The molecule has 0 radical (unpaired) electrons. The summed E-state index contributed by atoms with van der Waals surface area (Å²) in [6, 6.07) is 5.99. The van der Waals surface area contributed by atoms with Gasteiger partial charge in [0, 0.05) is 40.8 Å². The molecule has 0 amide bonds. The zero-order chi connectivity index (χ0) is 20.8. The highest BCUT2D eigenvalue weighted by Crippen LogP contribution is 2.48. The number of benzene rings is 1. The minimum atomic E-state index is -0.502. The normalized spacial score (nSPS) is 24.1. The van der Waals surface area contributed by atoms with Crippen LogP contribution in [0.15, 0.2) is 33.3 Å². The maximum Gasteiger partial charge on any atom is 0.176 e. The van der Waals surface area contributed by atoms with Gasteiger partial charge in [0.15, 0.2) is 17.3 Å². The number of piperidine rings is 1. The first-order chi connectivity index (χ1) is 14.5. The number of aromatic nitrogens is 1. The molecule has 3 atom stereocenters. The zero-order valence-electron chi connectivity index (χ0n) is 16.9. The molecule has 3 aliphatic heterocycles. The van der Waals surface area contributed by atoms with Crippen molar-refractivity contribution in [3.8, 4) is 11.5 Å². The Morgan fingerprint density at radius 1 is 1.13 bits per heavy atom. The second-order valence-electron chi connectivity index (χ2n) is 8.63. The number of aryl methyl sites for hydroxylation is 1. The predicted octanol–water partition coefficient (Wildman–Crippen LogP) is 4.49. The Balaban J connectivity index is 1.38. The Kier molecular flexibility index (Phi) is 5.79. The third-order valence-electron chi connectivity index (χ3n) is 6.07. The van der Waals surface area contributed by atoms with E-state index < -0.39 is 6.10 Å². The van der Waals surface area contributed by atoms with Gasteiger partial charge in [-0.15, -0.1) is 0 Å². The molecule has 3 unspecified atom stereocenters. The molecule has 5 rings (SSSR count). The molecule has 30 heavy (non-hydrogen) atoms. The number of aliphatic hydroxyl groups is 1. The summed E-state index contributed by atoms with van der Waals surface area (Å²) in [4.78, 5) is 9.08. The number of fused-ring (bicyclic) bond motifs is 4. The Hall–Kier alpha value is -1.19. The van der Waals surface area contributed by atoms with Crippen molar-refractivity contribution in [1.82, 2.24) is 9.88 Å². The minimum absolute atomic E-state index is 0.460. The van der Waals surface area contributed by atoms with Crippen molar-refractivity contribution in [1.29, 1.82) is 0 Å². The van der Waals surface area contributed by atoms with Gasteiger partial charge < -0.3 is 19.5 Å². The molecule has 0 spiro atoms. The van der Waals surface area contributed by atoms with Crippen LogP contribution in [-0.4, -0.2) is 60.5 Å². The first-order valence-corrected chi connectivity index (χ1v) is 11.9. The van der Waals surface area contributed by atoms with Crippen LogP contribution in [0.4, 0.5) is 11.5 Å². The topological polar surface area (TPSA) is 58.1 Å². The number of anilines is 2. The second kappa shape index (κ2) is 8.39. The lowest BCUT2D eigenvalue weighted by Gasteiger charge is -2.42. The van der Waals surface area contributed by atoms with Crippen molar-refractivity contribution in [2.75, 3.05) is 44.3 Å². The van der Waals surface area contributed by atoms with Crippen molar-refractivity contribution < 1.29 is 14.6 Å². The minimum Gasteiger partial charge on any atom is -0.451 e. The number of halogens is 2. The fraction of sp³-hybridized carbons (Fsp3) is 0.500. The summed E-state index contributed by atoms with van der Waals surface area (Å²) in [6.45, 7) is 6.86. The summed E-state index contributed by atoms with van der Waals surface area (Å²) < 4.78 is 13.7. The van der Waals surface area contributed by atoms with Gasteiger partial charge in [-0.25, -0.2) is 4.98 Å². The Morgan fingerprint density at radius 2 is 1.90 bits per heavy atom. The number of likely N-dealkylation sites (tertiary alicyclic amines) is 1. The van der Waals surface area contributed by atoms with Crippen LogP contribution in [0.2, 0.25) is 0 Å². The van der Waals surface area contributed by atoms with E-state index in [1.165, 1.54) is 6.42 Å². The summed E-state index contributed by atoms with van der Waals surface area (Å²) in [5.74, 6) is 3.36. The van der Waals surface area contributed by atoms with Gasteiger partial charge in [0.05, 0.1) is 31.5 Å². The van der Waals surface area contributed by atoms with Crippen LogP contribution < -0.4 is 9.64 Å². The van der Waals surface area contributed by atoms with E-state index in [2.05, 4.69) is 59.6 Å². The van der Waals surface area contributed by atoms with E-state index in [9.17, 15) is 5.11 Å². The molecule has 160 valence electrons. The molecule has 0 aliphatic carbocycles. The molecule has 4 heterocycles. The number of nitrogens with zero attached hydrogens (tertiary/aromatic N) is 3. The summed E-state index contributed by atoms with van der Waals surface area (Å²) >= 11 is 7.08. The molecule has 1 aromatic carbocycles. The first-order valence-electron chi connectivity index (χ1n) is 10.4. The number of pyridine rings is 1. The second-order valence-corrected chi connectivity index (χ2v) is 10.4. The maximum atomic E-state index is 11.0. The van der Waals surface area contributed by atoms with Crippen LogP contribution in [0.3, 0.4) is 0 Å². The molecular formula is C22H25Br2N3O3. The predicted molar refractivity (Wildman–Crippen MR) is 123 cm³/mol. The third-order valence-corrected chi connectivity index (χ3v) is 7.36. The highest BCUT2D eigenvalue weighted by molar-refractivity contribution is 9.10. The van der Waals surface area contributed by atoms with Crippen LogP contribution in [0.5, 0.6) is 11.5 Å². The molecule has 0 saturated carbocycles. The van der Waals surface area contributed by atoms with Gasteiger partial charge >= 0.3 is 0 Å². The molecule has 8 heteroatoms. The average Bonchev–Trinajstić information content (AvgIpc) is 2.69. The van der Waals surface area contributed by atoms with Crippen molar-refractivity contribution >= 4 is 43.4 Å². The standard InChI is InChI=1S/C22H25Br2N3O3/c1-13-2-19-20(5-18(13)24)30-21-4-16(23)6-25-22(21)27(19)10-17(28)9-26-7-14-3-15(8-26)12-29-11-14/h2,4-6,14-15,17,28H,3,7-12H2,1H3. The zero-order valence-corrected chi connectivity index (χ0v) is 20.0. The van der Waals surface area contributed by atoms with Crippen molar-refractivity contribution in [3.05, 3.63) is 38.9 Å². The number of ether oxygens (including phenoxy) is 2. The Bertz CT molecular complexity index is 945. The van der Waals surface area contributed by atoms with Crippen LogP contribution in [0, 0.1) is 18.8 Å². The molecule has 2 fully saturated rings. The fourth-order valence-electron chi connectivity index (χ4n) is 4.83. The quantitative estimate of drug-likeness (QED) is 0.619. The van der Waals surface area contributed by atoms with Crippen molar-refractivity contribution in [2.45, 2.75) is 19.4 Å². The van der Waals surface area contributed by atoms with E-state index in [0.717, 1.165) is 58.1 Å². The molecule has 3 aliphatic rings. The van der Waals surface area contributed by atoms with Crippen molar-refractivity contribution in [3.63, 3.8) is 0 Å². The fourth-order valence-corrected chi connectivity index (χ4v) is 5.47. The average molecular weight is 539 g/mol. The van der Waals surface area contributed by atoms with Gasteiger partial charge in [0.2, 0.25) is 0 Å². The van der Waals surface area contributed by atoms with Gasteiger partial charge in [-0.3, -0.25) is 4.90 Å². The Labute approximate surface area is 193 Å². The lowest BCUT2D eigenvalue weighted by Crippen LogP contribution is -2.50.